The molecule has 5 heteroatoms. The highest BCUT2D eigenvalue weighted by Crippen LogP contribution is 2.26. The second-order valence-corrected chi connectivity index (χ2v) is 4.57. The van der Waals surface area contributed by atoms with Crippen LogP contribution in [0.4, 0.5) is 0 Å². The van der Waals surface area contributed by atoms with Gasteiger partial charge in [-0.05, 0) is 30.2 Å². The van der Waals surface area contributed by atoms with E-state index in [-0.39, 0.29) is 5.38 Å². The molecule has 2 atom stereocenters. The molecule has 1 heterocycles. The molecule has 1 rings (SSSR count). The standard InChI is InChI=1S/C10H19ClN4/c1-5-9(6-2)8(4)15-10(7(3)11)12-13-14-15/h7-9H,5-6H2,1-4H3. The van der Waals surface area contributed by atoms with Crippen molar-refractivity contribution < 1.29 is 0 Å². The van der Waals surface area contributed by atoms with E-state index in [1.165, 1.54) is 0 Å². The van der Waals surface area contributed by atoms with Gasteiger partial charge in [-0.1, -0.05) is 26.7 Å². The van der Waals surface area contributed by atoms with E-state index in [9.17, 15) is 0 Å². The monoisotopic (exact) mass is 230 g/mol. The van der Waals surface area contributed by atoms with Crippen molar-refractivity contribution >= 4 is 11.6 Å². The number of aromatic nitrogens is 4. The first-order valence-electron chi connectivity index (χ1n) is 5.53. The van der Waals surface area contributed by atoms with Crippen LogP contribution < -0.4 is 0 Å². The van der Waals surface area contributed by atoms with E-state index in [0.717, 1.165) is 18.7 Å². The van der Waals surface area contributed by atoms with Gasteiger partial charge >= 0.3 is 0 Å². The molecule has 0 aliphatic carbocycles. The lowest BCUT2D eigenvalue weighted by atomic mass is 9.95. The minimum absolute atomic E-state index is 0.142. The van der Waals surface area contributed by atoms with Gasteiger partial charge in [0.05, 0.1) is 11.4 Å². The minimum atomic E-state index is -0.142. The summed E-state index contributed by atoms with van der Waals surface area (Å²) in [7, 11) is 0. The highest BCUT2D eigenvalue weighted by atomic mass is 35.5. The maximum Gasteiger partial charge on any atom is 0.169 e. The average Bonchev–Trinajstić information content (AvgIpc) is 2.67. The maximum absolute atomic E-state index is 6.02. The van der Waals surface area contributed by atoms with Crippen molar-refractivity contribution in [1.29, 1.82) is 0 Å². The van der Waals surface area contributed by atoms with Crippen molar-refractivity contribution in [2.45, 2.75) is 52.0 Å². The van der Waals surface area contributed by atoms with Crippen LogP contribution in [0.3, 0.4) is 0 Å². The SMILES string of the molecule is CCC(CC)C(C)n1nnnc1C(C)Cl. The van der Waals surface area contributed by atoms with Gasteiger partial charge in [-0.25, -0.2) is 4.68 Å². The molecule has 0 aromatic carbocycles. The summed E-state index contributed by atoms with van der Waals surface area (Å²) in [5, 5.41) is 11.5. The molecule has 0 amide bonds. The van der Waals surface area contributed by atoms with Gasteiger partial charge in [0, 0.05) is 0 Å². The molecule has 0 aliphatic heterocycles. The van der Waals surface area contributed by atoms with Crippen molar-refractivity contribution in [1.82, 2.24) is 20.2 Å². The molecule has 4 nitrogen and oxygen atoms in total. The second kappa shape index (κ2) is 5.45. The van der Waals surface area contributed by atoms with Crippen molar-refractivity contribution in [2.24, 2.45) is 5.92 Å². The summed E-state index contributed by atoms with van der Waals surface area (Å²) in [5.41, 5.74) is 0. The Balaban J connectivity index is 2.89. The Kier molecular flexibility index (Phi) is 4.51. The fourth-order valence-electron chi connectivity index (χ4n) is 1.92. The van der Waals surface area contributed by atoms with Crippen LogP contribution in [0.5, 0.6) is 0 Å². The van der Waals surface area contributed by atoms with E-state index in [1.54, 1.807) is 0 Å². The Morgan fingerprint density at radius 3 is 2.33 bits per heavy atom. The van der Waals surface area contributed by atoms with Gasteiger partial charge in [0.15, 0.2) is 5.82 Å². The molecule has 0 saturated carbocycles. The molecule has 0 aliphatic rings. The van der Waals surface area contributed by atoms with E-state index >= 15 is 0 Å². The Morgan fingerprint density at radius 2 is 1.87 bits per heavy atom. The van der Waals surface area contributed by atoms with Crippen molar-refractivity contribution in [2.75, 3.05) is 0 Å². The average molecular weight is 231 g/mol. The molecule has 0 spiro atoms. The van der Waals surface area contributed by atoms with Gasteiger partial charge in [-0.15, -0.1) is 16.7 Å². The van der Waals surface area contributed by atoms with Gasteiger partial charge in [0.2, 0.25) is 0 Å². The van der Waals surface area contributed by atoms with E-state index in [4.69, 9.17) is 11.6 Å². The lowest BCUT2D eigenvalue weighted by Crippen LogP contribution is -2.19. The fourth-order valence-corrected chi connectivity index (χ4v) is 2.07. The Morgan fingerprint density at radius 1 is 1.27 bits per heavy atom. The van der Waals surface area contributed by atoms with E-state index in [0.29, 0.717) is 12.0 Å². The first-order chi connectivity index (χ1) is 7.11. The molecule has 0 saturated heterocycles. The molecule has 0 bridgehead atoms. The molecule has 0 fully saturated rings. The zero-order chi connectivity index (χ0) is 11.4. The number of alkyl halides is 1. The number of hydrogen-bond acceptors (Lipinski definition) is 3. The summed E-state index contributed by atoms with van der Waals surface area (Å²) >= 11 is 6.02. The molecule has 1 aromatic heterocycles. The number of halogens is 1. The number of rotatable bonds is 5. The van der Waals surface area contributed by atoms with Crippen LogP contribution in [0.1, 0.15) is 57.8 Å². The van der Waals surface area contributed by atoms with Crippen molar-refractivity contribution in [3.63, 3.8) is 0 Å². The fraction of sp³-hybridized carbons (Fsp3) is 0.900. The van der Waals surface area contributed by atoms with Gasteiger partial charge < -0.3 is 0 Å². The lowest BCUT2D eigenvalue weighted by Gasteiger charge is -2.22. The first kappa shape index (κ1) is 12.4. The summed E-state index contributed by atoms with van der Waals surface area (Å²) in [6.45, 7) is 8.43. The molecule has 15 heavy (non-hydrogen) atoms. The zero-order valence-electron chi connectivity index (χ0n) is 9.81. The largest absolute Gasteiger partial charge is 0.225 e. The lowest BCUT2D eigenvalue weighted by molar-refractivity contribution is 0.299. The highest BCUT2D eigenvalue weighted by molar-refractivity contribution is 6.20. The van der Waals surface area contributed by atoms with E-state index in [2.05, 4.69) is 36.3 Å². The molecule has 0 radical (unpaired) electrons. The van der Waals surface area contributed by atoms with Crippen molar-refractivity contribution in [3.05, 3.63) is 5.82 Å². The minimum Gasteiger partial charge on any atom is -0.225 e. The number of hydrogen-bond donors (Lipinski definition) is 0. The summed E-state index contributed by atoms with van der Waals surface area (Å²) in [4.78, 5) is 0. The van der Waals surface area contributed by atoms with Crippen LogP contribution in [-0.4, -0.2) is 20.2 Å². The summed E-state index contributed by atoms with van der Waals surface area (Å²) < 4.78 is 1.86. The van der Waals surface area contributed by atoms with Gasteiger partial charge in [0.25, 0.3) is 0 Å². The third-order valence-corrected chi connectivity index (χ3v) is 3.19. The molecular formula is C10H19ClN4. The number of nitrogens with zero attached hydrogens (tertiary/aromatic N) is 4. The quantitative estimate of drug-likeness (QED) is 0.731. The summed E-state index contributed by atoms with van der Waals surface area (Å²) in [6.07, 6.45) is 2.27. The zero-order valence-corrected chi connectivity index (χ0v) is 10.6. The number of tetrazole rings is 1. The molecule has 86 valence electrons. The molecule has 2 unspecified atom stereocenters. The smallest absolute Gasteiger partial charge is 0.169 e. The normalized spacial score (nSPS) is 15.6. The van der Waals surface area contributed by atoms with Crippen LogP contribution in [-0.2, 0) is 0 Å². The van der Waals surface area contributed by atoms with Crippen LogP contribution in [0.15, 0.2) is 0 Å². The molecular weight excluding hydrogens is 212 g/mol. The van der Waals surface area contributed by atoms with Crippen LogP contribution in [0.2, 0.25) is 0 Å². The Labute approximate surface area is 96.0 Å². The second-order valence-electron chi connectivity index (χ2n) is 3.91. The first-order valence-corrected chi connectivity index (χ1v) is 5.97. The predicted octanol–water partition coefficient (Wildman–Crippen LogP) is 2.97. The molecule has 0 N–H and O–H groups in total. The van der Waals surface area contributed by atoms with Crippen LogP contribution >= 0.6 is 11.6 Å². The maximum atomic E-state index is 6.02. The Hall–Kier alpha value is -0.640. The van der Waals surface area contributed by atoms with Crippen LogP contribution in [0.25, 0.3) is 0 Å². The summed E-state index contributed by atoms with van der Waals surface area (Å²) in [5.74, 6) is 1.36. The Bertz CT molecular complexity index is 293. The van der Waals surface area contributed by atoms with Gasteiger partial charge in [0.1, 0.15) is 0 Å². The van der Waals surface area contributed by atoms with E-state index in [1.807, 2.05) is 11.6 Å². The predicted molar refractivity (Wildman–Crippen MR) is 60.9 cm³/mol. The van der Waals surface area contributed by atoms with Crippen LogP contribution in [0, 0.1) is 5.92 Å². The summed E-state index contributed by atoms with van der Waals surface area (Å²) in [6, 6.07) is 0.311. The van der Waals surface area contributed by atoms with Crippen molar-refractivity contribution in [3.8, 4) is 0 Å². The highest BCUT2D eigenvalue weighted by Gasteiger charge is 2.21. The van der Waals surface area contributed by atoms with Gasteiger partial charge in [-0.2, -0.15) is 0 Å². The molecule has 1 aromatic rings. The van der Waals surface area contributed by atoms with Gasteiger partial charge in [-0.3, -0.25) is 0 Å². The third kappa shape index (κ3) is 2.68. The van der Waals surface area contributed by atoms with E-state index < -0.39 is 0 Å². The topological polar surface area (TPSA) is 43.6 Å². The third-order valence-electron chi connectivity index (χ3n) is 2.99.